The molecule has 10 heteroatoms. The molecule has 0 spiro atoms. The van der Waals surface area contributed by atoms with Gasteiger partial charge in [0.05, 0.1) is 41.6 Å². The second-order valence-electron chi connectivity index (χ2n) is 4.42. The number of carbonyl (C=O) groups is 2. The summed E-state index contributed by atoms with van der Waals surface area (Å²) in [6.07, 6.45) is -3.97. The predicted octanol–water partition coefficient (Wildman–Crippen LogP) is 3.96. The van der Waals surface area contributed by atoms with E-state index in [0.29, 0.717) is 6.07 Å². The monoisotopic (exact) mass is 385 g/mol. The number of anilines is 1. The van der Waals surface area contributed by atoms with Gasteiger partial charge in [-0.1, -0.05) is 23.2 Å². The molecule has 0 aliphatic heterocycles. The summed E-state index contributed by atoms with van der Waals surface area (Å²) in [6, 6.07) is 0.673. The summed E-state index contributed by atoms with van der Waals surface area (Å²) in [5, 5.41) is 1.73. The number of carbonyl (C=O) groups excluding carboxylic acids is 2. The Kier molecular flexibility index (Phi) is 6.50. The molecular formula is C14H12Cl2F3NO4. The van der Waals surface area contributed by atoms with Crippen molar-refractivity contribution in [3.05, 3.63) is 39.0 Å². The molecule has 0 saturated carbocycles. The average molecular weight is 386 g/mol. The Bertz CT molecular complexity index is 702. The second kappa shape index (κ2) is 7.76. The smallest absolute Gasteiger partial charge is 0.416 e. The fraction of sp³-hybridized carbons (Fsp3) is 0.286. The molecule has 1 aromatic carbocycles. The third-order valence-corrected chi connectivity index (χ3v) is 3.70. The van der Waals surface area contributed by atoms with Crippen LogP contribution in [0.3, 0.4) is 0 Å². The van der Waals surface area contributed by atoms with Crippen LogP contribution in [0.25, 0.3) is 0 Å². The molecule has 132 valence electrons. The second-order valence-corrected chi connectivity index (χ2v) is 5.20. The van der Waals surface area contributed by atoms with Crippen LogP contribution in [-0.4, -0.2) is 26.2 Å². The highest BCUT2D eigenvalue weighted by molar-refractivity contribution is 6.44. The maximum atomic E-state index is 13.1. The molecule has 0 fully saturated rings. The van der Waals surface area contributed by atoms with Crippen LogP contribution in [0.15, 0.2) is 17.8 Å². The van der Waals surface area contributed by atoms with E-state index in [1.54, 1.807) is 0 Å². The maximum absolute atomic E-state index is 13.1. The van der Waals surface area contributed by atoms with Crippen molar-refractivity contribution in [1.29, 1.82) is 0 Å². The summed E-state index contributed by atoms with van der Waals surface area (Å²) in [5.41, 5.74) is -2.10. The van der Waals surface area contributed by atoms with E-state index in [1.165, 1.54) is 0 Å². The molecule has 0 heterocycles. The first-order chi connectivity index (χ1) is 11.0. The number of nitrogens with one attached hydrogen (secondary N) is 1. The number of ether oxygens (including phenoxy) is 2. The number of hydrogen-bond acceptors (Lipinski definition) is 5. The molecular weight excluding hydrogens is 374 g/mol. The van der Waals surface area contributed by atoms with Gasteiger partial charge in [0.2, 0.25) is 0 Å². The normalized spacial score (nSPS) is 11.9. The number of esters is 2. The van der Waals surface area contributed by atoms with Crippen LogP contribution < -0.4 is 5.32 Å². The summed E-state index contributed by atoms with van der Waals surface area (Å²) in [6.45, 7) is 1.14. The molecule has 0 aliphatic carbocycles. The molecule has 0 bridgehead atoms. The predicted molar refractivity (Wildman–Crippen MR) is 81.9 cm³/mol. The lowest BCUT2D eigenvalue weighted by atomic mass is 10.1. The largest absolute Gasteiger partial charge is 0.466 e. The molecule has 0 saturated heterocycles. The van der Waals surface area contributed by atoms with Gasteiger partial charge in [-0.25, -0.2) is 9.59 Å². The molecule has 0 amide bonds. The molecule has 0 radical (unpaired) electrons. The van der Waals surface area contributed by atoms with Crippen LogP contribution >= 0.6 is 23.2 Å². The molecule has 0 aliphatic rings. The zero-order valence-electron chi connectivity index (χ0n) is 12.7. The van der Waals surface area contributed by atoms with E-state index in [4.69, 9.17) is 23.2 Å². The van der Waals surface area contributed by atoms with Crippen LogP contribution in [-0.2, 0) is 25.2 Å². The SMILES string of the molecule is COC(=O)/C=C(/Nc1c(C)c(C(F)(F)F)cc(Cl)c1Cl)C(=O)OC. The molecule has 0 unspecified atom stereocenters. The molecule has 24 heavy (non-hydrogen) atoms. The minimum Gasteiger partial charge on any atom is -0.466 e. The van der Waals surface area contributed by atoms with E-state index in [0.717, 1.165) is 27.2 Å². The first-order valence-corrected chi connectivity index (χ1v) is 6.99. The van der Waals surface area contributed by atoms with E-state index < -0.39 is 29.4 Å². The number of benzene rings is 1. The highest BCUT2D eigenvalue weighted by Gasteiger charge is 2.35. The van der Waals surface area contributed by atoms with Crippen LogP contribution in [0.2, 0.25) is 10.0 Å². The maximum Gasteiger partial charge on any atom is 0.416 e. The van der Waals surface area contributed by atoms with Crippen molar-refractivity contribution in [3.63, 3.8) is 0 Å². The third kappa shape index (κ3) is 4.55. The fourth-order valence-corrected chi connectivity index (χ4v) is 2.17. The molecule has 1 N–H and O–H groups in total. The van der Waals surface area contributed by atoms with Crippen LogP contribution in [0.4, 0.5) is 18.9 Å². The lowest BCUT2D eigenvalue weighted by molar-refractivity contribution is -0.138. The zero-order chi connectivity index (χ0) is 18.7. The zero-order valence-corrected chi connectivity index (χ0v) is 14.2. The summed E-state index contributed by atoms with van der Waals surface area (Å²) >= 11 is 11.7. The van der Waals surface area contributed by atoms with E-state index >= 15 is 0 Å². The Labute approximate surface area is 145 Å². The highest BCUT2D eigenvalue weighted by atomic mass is 35.5. The Morgan fingerprint density at radius 3 is 2.25 bits per heavy atom. The first-order valence-electron chi connectivity index (χ1n) is 6.23. The van der Waals surface area contributed by atoms with Crippen molar-refractivity contribution in [3.8, 4) is 0 Å². The van der Waals surface area contributed by atoms with E-state index in [-0.39, 0.29) is 21.3 Å². The van der Waals surface area contributed by atoms with Gasteiger partial charge in [-0.15, -0.1) is 0 Å². The summed E-state index contributed by atoms with van der Waals surface area (Å²) in [5.74, 6) is -1.93. The average Bonchev–Trinajstić information content (AvgIpc) is 2.51. The fourth-order valence-electron chi connectivity index (χ4n) is 1.73. The highest BCUT2D eigenvalue weighted by Crippen LogP contribution is 2.42. The van der Waals surface area contributed by atoms with Gasteiger partial charge in [-0.05, 0) is 18.6 Å². The third-order valence-electron chi connectivity index (χ3n) is 2.91. The van der Waals surface area contributed by atoms with Crippen molar-refractivity contribution in [2.45, 2.75) is 13.1 Å². The van der Waals surface area contributed by atoms with Gasteiger partial charge < -0.3 is 14.8 Å². The lowest BCUT2D eigenvalue weighted by Crippen LogP contribution is -2.17. The number of halogens is 5. The Morgan fingerprint density at radius 1 is 1.21 bits per heavy atom. The van der Waals surface area contributed by atoms with E-state index in [1.807, 2.05) is 0 Å². The van der Waals surface area contributed by atoms with E-state index in [9.17, 15) is 22.8 Å². The van der Waals surface area contributed by atoms with Gasteiger partial charge in [0.1, 0.15) is 5.70 Å². The summed E-state index contributed by atoms with van der Waals surface area (Å²) < 4.78 is 48.0. The first kappa shape index (κ1) is 20.1. The van der Waals surface area contributed by atoms with Crippen LogP contribution in [0, 0.1) is 6.92 Å². The Balaban J connectivity index is 3.49. The minimum atomic E-state index is -4.69. The molecule has 5 nitrogen and oxygen atoms in total. The minimum absolute atomic E-state index is 0.248. The van der Waals surface area contributed by atoms with Crippen LogP contribution in [0.1, 0.15) is 11.1 Å². The van der Waals surface area contributed by atoms with E-state index in [2.05, 4.69) is 14.8 Å². The Hall–Kier alpha value is -1.93. The number of methoxy groups -OCH3 is 2. The van der Waals surface area contributed by atoms with Crippen molar-refractivity contribution in [2.24, 2.45) is 0 Å². The molecule has 0 aromatic heterocycles. The van der Waals surface area contributed by atoms with Crippen molar-refractivity contribution >= 4 is 40.8 Å². The molecule has 1 aromatic rings. The van der Waals surface area contributed by atoms with Gasteiger partial charge in [0, 0.05) is 0 Å². The van der Waals surface area contributed by atoms with Crippen molar-refractivity contribution in [1.82, 2.24) is 0 Å². The van der Waals surface area contributed by atoms with Gasteiger partial charge in [0.25, 0.3) is 0 Å². The van der Waals surface area contributed by atoms with Gasteiger partial charge in [-0.2, -0.15) is 13.2 Å². The topological polar surface area (TPSA) is 64.6 Å². The number of alkyl halides is 3. The summed E-state index contributed by atoms with van der Waals surface area (Å²) in [7, 11) is 2.09. The number of hydrogen-bond donors (Lipinski definition) is 1. The standard InChI is InChI=1S/C14H12Cl2F3NO4/c1-6-7(14(17,18)19)4-8(15)11(16)12(6)20-9(13(22)24-3)5-10(21)23-2/h4-5,20H,1-3H3/b9-5+. The lowest BCUT2D eigenvalue weighted by Gasteiger charge is -2.18. The van der Waals surface area contributed by atoms with Gasteiger partial charge in [0.15, 0.2) is 0 Å². The Morgan fingerprint density at radius 2 is 1.79 bits per heavy atom. The quantitative estimate of drug-likeness (QED) is 0.627. The van der Waals surface area contributed by atoms with Crippen molar-refractivity contribution < 1.29 is 32.2 Å². The molecule has 1 rings (SSSR count). The van der Waals surface area contributed by atoms with Gasteiger partial charge in [-0.3, -0.25) is 0 Å². The molecule has 0 atom stereocenters. The number of rotatable bonds is 4. The van der Waals surface area contributed by atoms with Crippen molar-refractivity contribution in [2.75, 3.05) is 19.5 Å². The van der Waals surface area contributed by atoms with Gasteiger partial charge >= 0.3 is 18.1 Å². The van der Waals surface area contributed by atoms with Crippen LogP contribution in [0.5, 0.6) is 0 Å². The summed E-state index contributed by atoms with van der Waals surface area (Å²) in [4.78, 5) is 23.0.